The Bertz CT molecular complexity index is 648. The predicted octanol–water partition coefficient (Wildman–Crippen LogP) is 1.69. The highest BCUT2D eigenvalue weighted by Gasteiger charge is 2.18. The summed E-state index contributed by atoms with van der Waals surface area (Å²) in [6, 6.07) is 5.25. The van der Waals surface area contributed by atoms with Gasteiger partial charge >= 0.3 is 0 Å². The summed E-state index contributed by atoms with van der Waals surface area (Å²) >= 11 is 0. The van der Waals surface area contributed by atoms with Gasteiger partial charge in [0.1, 0.15) is 12.4 Å². The fraction of sp³-hybridized carbons (Fsp3) is 0.600. The lowest BCUT2D eigenvalue weighted by molar-refractivity contribution is -0.127. The molecule has 0 aromatic heterocycles. The highest BCUT2D eigenvalue weighted by Crippen LogP contribution is 2.22. The van der Waals surface area contributed by atoms with Crippen LogP contribution in [0.5, 0.6) is 5.75 Å². The van der Waals surface area contributed by atoms with Gasteiger partial charge < -0.3 is 25.8 Å². The molecule has 0 bridgehead atoms. The lowest BCUT2D eigenvalue weighted by Gasteiger charge is -2.17. The van der Waals surface area contributed by atoms with Gasteiger partial charge in [0.05, 0.1) is 18.7 Å². The van der Waals surface area contributed by atoms with Crippen molar-refractivity contribution in [2.45, 2.75) is 52.3 Å². The van der Waals surface area contributed by atoms with Crippen molar-refractivity contribution in [3.05, 3.63) is 29.3 Å². The van der Waals surface area contributed by atoms with Gasteiger partial charge in [-0.25, -0.2) is 0 Å². The van der Waals surface area contributed by atoms with Crippen LogP contribution < -0.4 is 21.1 Å². The summed E-state index contributed by atoms with van der Waals surface area (Å²) < 4.78 is 11.5. The van der Waals surface area contributed by atoms with Crippen molar-refractivity contribution in [1.82, 2.24) is 10.6 Å². The van der Waals surface area contributed by atoms with E-state index < -0.39 is 6.04 Å². The normalized spacial score (nSPS) is 17.0. The SMILES string of the molecule is Cc1ccc(CNC(=O)CNC(=O)[C@@H](N)C(C)C)c(OCC2CCCO2)c1.Cl. The lowest BCUT2D eigenvalue weighted by atomic mass is 10.1. The molecule has 158 valence electrons. The van der Waals surface area contributed by atoms with E-state index in [1.165, 1.54) is 0 Å². The second-order valence-electron chi connectivity index (χ2n) is 7.32. The molecule has 1 heterocycles. The van der Waals surface area contributed by atoms with Crippen molar-refractivity contribution in [1.29, 1.82) is 0 Å². The molecule has 0 spiro atoms. The number of carbonyl (C=O) groups excluding carboxylic acids is 2. The Kier molecular flexibility index (Phi) is 10.3. The number of amides is 2. The molecule has 1 saturated heterocycles. The second-order valence-corrected chi connectivity index (χ2v) is 7.32. The molecule has 4 N–H and O–H groups in total. The van der Waals surface area contributed by atoms with Crippen LogP contribution in [0.2, 0.25) is 0 Å². The van der Waals surface area contributed by atoms with E-state index in [1.807, 2.05) is 39.0 Å². The van der Waals surface area contributed by atoms with E-state index in [4.69, 9.17) is 15.2 Å². The minimum absolute atomic E-state index is 0. The molecule has 1 aliphatic rings. The molecule has 1 aromatic rings. The van der Waals surface area contributed by atoms with E-state index in [1.54, 1.807) is 0 Å². The first-order chi connectivity index (χ1) is 12.9. The molecule has 0 saturated carbocycles. The molecule has 1 aromatic carbocycles. The zero-order chi connectivity index (χ0) is 19.8. The quantitative estimate of drug-likeness (QED) is 0.571. The second kappa shape index (κ2) is 11.9. The van der Waals surface area contributed by atoms with Gasteiger partial charge in [-0.2, -0.15) is 0 Å². The summed E-state index contributed by atoms with van der Waals surface area (Å²) in [5, 5.41) is 5.37. The number of nitrogens with one attached hydrogen (secondary N) is 2. The fourth-order valence-corrected chi connectivity index (χ4v) is 2.74. The van der Waals surface area contributed by atoms with Gasteiger partial charge in [-0.1, -0.05) is 26.0 Å². The average Bonchev–Trinajstić information content (AvgIpc) is 3.16. The number of ether oxygens (including phenoxy) is 2. The van der Waals surface area contributed by atoms with E-state index in [2.05, 4.69) is 10.6 Å². The maximum absolute atomic E-state index is 12.0. The van der Waals surface area contributed by atoms with Crippen LogP contribution in [-0.4, -0.2) is 43.7 Å². The Labute approximate surface area is 173 Å². The molecule has 28 heavy (non-hydrogen) atoms. The molecule has 8 heteroatoms. The molecular formula is C20H32ClN3O4. The van der Waals surface area contributed by atoms with Crippen molar-refractivity contribution in [3.63, 3.8) is 0 Å². The number of hydrogen-bond acceptors (Lipinski definition) is 5. The highest BCUT2D eigenvalue weighted by molar-refractivity contribution is 5.87. The van der Waals surface area contributed by atoms with Crippen LogP contribution in [0.3, 0.4) is 0 Å². The number of carbonyl (C=O) groups is 2. The number of hydrogen-bond donors (Lipinski definition) is 3. The van der Waals surface area contributed by atoms with E-state index in [0.29, 0.717) is 13.2 Å². The van der Waals surface area contributed by atoms with Gasteiger partial charge in [0.25, 0.3) is 0 Å². The van der Waals surface area contributed by atoms with Gasteiger partial charge in [0.2, 0.25) is 11.8 Å². The standard InChI is InChI=1S/C20H31N3O4.ClH/c1-13(2)19(21)20(25)23-11-18(24)22-10-15-7-6-14(3)9-17(15)27-12-16-5-4-8-26-16;/h6-7,9,13,16,19H,4-5,8,10-12,21H2,1-3H3,(H,22,24)(H,23,25);1H/t16?,19-;/m0./s1. The first kappa shape index (κ1) is 24.2. The maximum Gasteiger partial charge on any atom is 0.239 e. The van der Waals surface area contributed by atoms with Gasteiger partial charge in [-0.05, 0) is 37.3 Å². The number of benzene rings is 1. The molecule has 1 aliphatic heterocycles. The van der Waals surface area contributed by atoms with E-state index in [-0.39, 0.29) is 42.8 Å². The largest absolute Gasteiger partial charge is 0.491 e. The smallest absolute Gasteiger partial charge is 0.239 e. The van der Waals surface area contributed by atoms with Crippen molar-refractivity contribution >= 4 is 24.2 Å². The summed E-state index contributed by atoms with van der Waals surface area (Å²) in [7, 11) is 0. The molecule has 0 aliphatic carbocycles. The minimum Gasteiger partial charge on any atom is -0.491 e. The Morgan fingerprint density at radius 1 is 1.32 bits per heavy atom. The molecular weight excluding hydrogens is 382 g/mol. The number of halogens is 1. The first-order valence-corrected chi connectivity index (χ1v) is 9.50. The maximum atomic E-state index is 12.0. The van der Waals surface area contributed by atoms with Crippen molar-refractivity contribution in [2.24, 2.45) is 11.7 Å². The third-order valence-corrected chi connectivity index (χ3v) is 4.59. The van der Waals surface area contributed by atoms with Crippen LogP contribution in [0.25, 0.3) is 0 Å². The number of aryl methyl sites for hydroxylation is 1. The summed E-state index contributed by atoms with van der Waals surface area (Å²) in [4.78, 5) is 23.8. The Morgan fingerprint density at radius 2 is 2.07 bits per heavy atom. The summed E-state index contributed by atoms with van der Waals surface area (Å²) in [6.45, 7) is 7.24. The van der Waals surface area contributed by atoms with Crippen molar-refractivity contribution < 1.29 is 19.1 Å². The third kappa shape index (κ3) is 7.66. The number of nitrogens with two attached hydrogens (primary N) is 1. The van der Waals surface area contributed by atoms with Crippen LogP contribution in [0.1, 0.15) is 37.8 Å². The predicted molar refractivity (Wildman–Crippen MR) is 111 cm³/mol. The van der Waals surface area contributed by atoms with Crippen LogP contribution in [0.4, 0.5) is 0 Å². The zero-order valence-corrected chi connectivity index (χ0v) is 17.6. The van der Waals surface area contributed by atoms with Crippen LogP contribution >= 0.6 is 12.4 Å². The summed E-state index contributed by atoms with van der Waals surface area (Å²) in [5.74, 6) is 0.168. The average molecular weight is 414 g/mol. The molecule has 2 atom stereocenters. The molecule has 2 rings (SSSR count). The monoisotopic (exact) mass is 413 g/mol. The summed E-state index contributed by atoms with van der Waals surface area (Å²) in [5.41, 5.74) is 7.73. The Balaban J connectivity index is 0.00000392. The van der Waals surface area contributed by atoms with Crippen LogP contribution in [-0.2, 0) is 20.9 Å². The molecule has 7 nitrogen and oxygen atoms in total. The Morgan fingerprint density at radius 3 is 2.71 bits per heavy atom. The van der Waals surface area contributed by atoms with Crippen LogP contribution in [0.15, 0.2) is 18.2 Å². The molecule has 0 radical (unpaired) electrons. The molecule has 1 fully saturated rings. The van der Waals surface area contributed by atoms with E-state index in [0.717, 1.165) is 36.3 Å². The first-order valence-electron chi connectivity index (χ1n) is 9.50. The molecule has 1 unspecified atom stereocenters. The molecule has 2 amide bonds. The number of rotatable bonds is 9. The van der Waals surface area contributed by atoms with Crippen molar-refractivity contribution in [2.75, 3.05) is 19.8 Å². The van der Waals surface area contributed by atoms with Gasteiger partial charge in [-0.3, -0.25) is 9.59 Å². The van der Waals surface area contributed by atoms with E-state index >= 15 is 0 Å². The van der Waals surface area contributed by atoms with Gasteiger partial charge in [0, 0.05) is 18.7 Å². The van der Waals surface area contributed by atoms with Crippen molar-refractivity contribution in [3.8, 4) is 5.75 Å². The highest BCUT2D eigenvalue weighted by atomic mass is 35.5. The lowest BCUT2D eigenvalue weighted by Crippen LogP contribution is -2.47. The third-order valence-electron chi connectivity index (χ3n) is 4.59. The topological polar surface area (TPSA) is 103 Å². The Hall–Kier alpha value is -1.83. The van der Waals surface area contributed by atoms with Gasteiger partial charge in [-0.15, -0.1) is 12.4 Å². The van der Waals surface area contributed by atoms with Gasteiger partial charge in [0.15, 0.2) is 0 Å². The van der Waals surface area contributed by atoms with E-state index in [9.17, 15) is 9.59 Å². The minimum atomic E-state index is -0.618. The fourth-order valence-electron chi connectivity index (χ4n) is 2.74. The zero-order valence-electron chi connectivity index (χ0n) is 16.8. The van der Waals surface area contributed by atoms with Crippen LogP contribution in [0, 0.1) is 12.8 Å². The summed E-state index contributed by atoms with van der Waals surface area (Å²) in [6.07, 6.45) is 2.21.